The quantitative estimate of drug-likeness (QED) is 0.800. The highest BCUT2D eigenvalue weighted by atomic mass is 16.6. The maximum Gasteiger partial charge on any atom is 0.410 e. The van der Waals surface area contributed by atoms with Gasteiger partial charge >= 0.3 is 12.1 Å². The van der Waals surface area contributed by atoms with Crippen LogP contribution in [0.15, 0.2) is 0 Å². The van der Waals surface area contributed by atoms with E-state index in [0.29, 0.717) is 32.2 Å². The van der Waals surface area contributed by atoms with Crippen molar-refractivity contribution in [2.45, 2.75) is 57.7 Å². The SMILES string of the molecule is CC(C)(C)OC(=O)N1CCN(C(=O)NC2CCC2)C(CN)C1. The summed E-state index contributed by atoms with van der Waals surface area (Å²) in [6.45, 7) is 7.24. The van der Waals surface area contributed by atoms with Crippen LogP contribution >= 0.6 is 0 Å². The van der Waals surface area contributed by atoms with Gasteiger partial charge in [0.25, 0.3) is 0 Å². The van der Waals surface area contributed by atoms with Gasteiger partial charge in [-0.3, -0.25) is 0 Å². The molecule has 126 valence electrons. The van der Waals surface area contributed by atoms with Crippen molar-refractivity contribution in [3.8, 4) is 0 Å². The van der Waals surface area contributed by atoms with Gasteiger partial charge in [-0.25, -0.2) is 9.59 Å². The van der Waals surface area contributed by atoms with Crippen molar-refractivity contribution in [3.63, 3.8) is 0 Å². The van der Waals surface area contributed by atoms with Crippen LogP contribution in [0.25, 0.3) is 0 Å². The van der Waals surface area contributed by atoms with Crippen LogP contribution in [-0.4, -0.2) is 65.8 Å². The molecule has 2 fully saturated rings. The molecule has 3 amide bonds. The standard InChI is InChI=1S/C15H28N4O3/c1-15(2,3)22-14(21)18-7-8-19(12(9-16)10-18)13(20)17-11-5-4-6-11/h11-12H,4-10,16H2,1-3H3,(H,17,20). The molecule has 0 bridgehead atoms. The van der Waals surface area contributed by atoms with Crippen LogP contribution in [0.1, 0.15) is 40.0 Å². The van der Waals surface area contributed by atoms with E-state index in [0.717, 1.165) is 12.8 Å². The molecule has 1 atom stereocenters. The van der Waals surface area contributed by atoms with E-state index in [1.54, 1.807) is 9.80 Å². The van der Waals surface area contributed by atoms with Crippen molar-refractivity contribution >= 4 is 12.1 Å². The zero-order chi connectivity index (χ0) is 16.3. The molecule has 22 heavy (non-hydrogen) atoms. The molecule has 7 nitrogen and oxygen atoms in total. The molecule has 3 N–H and O–H groups in total. The van der Waals surface area contributed by atoms with E-state index < -0.39 is 5.60 Å². The number of amides is 3. The molecule has 2 aliphatic rings. The first kappa shape index (κ1) is 16.9. The molecule has 0 aromatic carbocycles. The number of carbonyl (C=O) groups is 2. The molecule has 2 rings (SSSR count). The zero-order valence-electron chi connectivity index (χ0n) is 13.8. The first-order valence-corrected chi connectivity index (χ1v) is 8.05. The lowest BCUT2D eigenvalue weighted by molar-refractivity contribution is 0.00948. The fraction of sp³-hybridized carbons (Fsp3) is 0.867. The summed E-state index contributed by atoms with van der Waals surface area (Å²) in [6, 6.07) is 0.0696. The van der Waals surface area contributed by atoms with Gasteiger partial charge in [-0.1, -0.05) is 0 Å². The van der Waals surface area contributed by atoms with E-state index in [-0.39, 0.29) is 18.2 Å². The van der Waals surface area contributed by atoms with Gasteiger partial charge in [0.05, 0.1) is 6.04 Å². The Balaban J connectivity index is 1.89. The molecule has 1 saturated heterocycles. The van der Waals surface area contributed by atoms with Crippen LogP contribution in [-0.2, 0) is 4.74 Å². The van der Waals surface area contributed by atoms with E-state index in [2.05, 4.69) is 5.32 Å². The van der Waals surface area contributed by atoms with E-state index in [4.69, 9.17) is 10.5 Å². The number of piperazine rings is 1. The molecule has 1 aliphatic carbocycles. The Bertz CT molecular complexity index is 418. The smallest absolute Gasteiger partial charge is 0.410 e. The maximum atomic E-state index is 12.3. The molecule has 7 heteroatoms. The van der Waals surface area contributed by atoms with Crippen LogP contribution in [0.5, 0.6) is 0 Å². The monoisotopic (exact) mass is 312 g/mol. The molecule has 1 aliphatic heterocycles. The minimum Gasteiger partial charge on any atom is -0.444 e. The number of nitrogens with one attached hydrogen (secondary N) is 1. The highest BCUT2D eigenvalue weighted by Gasteiger charge is 2.34. The average molecular weight is 312 g/mol. The molecule has 1 heterocycles. The summed E-state index contributed by atoms with van der Waals surface area (Å²) in [7, 11) is 0. The Morgan fingerprint density at radius 1 is 1.27 bits per heavy atom. The van der Waals surface area contributed by atoms with Crippen molar-refractivity contribution in [2.75, 3.05) is 26.2 Å². The van der Waals surface area contributed by atoms with Crippen LogP contribution in [0.3, 0.4) is 0 Å². The number of hydrogen-bond acceptors (Lipinski definition) is 4. The lowest BCUT2D eigenvalue weighted by atomic mass is 9.93. The Hall–Kier alpha value is -1.50. The first-order valence-electron chi connectivity index (χ1n) is 8.05. The third kappa shape index (κ3) is 4.25. The Kier molecular flexibility index (Phi) is 5.16. The number of ether oxygens (including phenoxy) is 1. The normalized spacial score (nSPS) is 23.0. The van der Waals surface area contributed by atoms with E-state index >= 15 is 0 Å². The molecule has 0 aromatic heterocycles. The topological polar surface area (TPSA) is 87.9 Å². The fourth-order valence-electron chi connectivity index (χ4n) is 2.63. The van der Waals surface area contributed by atoms with Crippen LogP contribution in [0.4, 0.5) is 9.59 Å². The van der Waals surface area contributed by atoms with Crippen molar-refractivity contribution < 1.29 is 14.3 Å². The van der Waals surface area contributed by atoms with E-state index in [1.807, 2.05) is 20.8 Å². The van der Waals surface area contributed by atoms with Gasteiger partial charge in [0, 0.05) is 32.2 Å². The van der Waals surface area contributed by atoms with Gasteiger partial charge in [0.2, 0.25) is 0 Å². The number of urea groups is 1. The summed E-state index contributed by atoms with van der Waals surface area (Å²) in [4.78, 5) is 27.8. The molecule has 0 aromatic rings. The summed E-state index contributed by atoms with van der Waals surface area (Å²) in [5.41, 5.74) is 5.28. The zero-order valence-corrected chi connectivity index (χ0v) is 13.8. The summed E-state index contributed by atoms with van der Waals surface area (Å²) in [6.07, 6.45) is 2.94. The van der Waals surface area contributed by atoms with Crippen LogP contribution < -0.4 is 11.1 Å². The Morgan fingerprint density at radius 2 is 1.95 bits per heavy atom. The molecular formula is C15H28N4O3. The van der Waals surface area contributed by atoms with E-state index in [1.165, 1.54) is 6.42 Å². The highest BCUT2D eigenvalue weighted by molar-refractivity contribution is 5.76. The Labute approximate surface area is 132 Å². The second-order valence-electron chi connectivity index (χ2n) is 7.09. The lowest BCUT2D eigenvalue weighted by Crippen LogP contribution is -2.62. The number of rotatable bonds is 2. The van der Waals surface area contributed by atoms with Crippen molar-refractivity contribution in [1.29, 1.82) is 0 Å². The second kappa shape index (κ2) is 6.73. The third-order valence-electron chi connectivity index (χ3n) is 4.10. The number of carbonyl (C=O) groups excluding carboxylic acids is 2. The molecule has 1 saturated carbocycles. The molecular weight excluding hydrogens is 284 g/mol. The second-order valence-corrected chi connectivity index (χ2v) is 7.09. The van der Waals surface area contributed by atoms with Crippen LogP contribution in [0, 0.1) is 0 Å². The number of nitrogens with two attached hydrogens (primary N) is 1. The first-order chi connectivity index (χ1) is 10.3. The molecule has 0 radical (unpaired) electrons. The Morgan fingerprint density at radius 3 is 2.45 bits per heavy atom. The molecule has 1 unspecified atom stereocenters. The fourth-order valence-corrected chi connectivity index (χ4v) is 2.63. The summed E-state index contributed by atoms with van der Waals surface area (Å²) in [5, 5.41) is 3.03. The van der Waals surface area contributed by atoms with Crippen molar-refractivity contribution in [1.82, 2.24) is 15.1 Å². The van der Waals surface area contributed by atoms with Gasteiger partial charge < -0.3 is 25.6 Å². The largest absolute Gasteiger partial charge is 0.444 e. The van der Waals surface area contributed by atoms with Crippen molar-refractivity contribution in [2.24, 2.45) is 5.73 Å². The lowest BCUT2D eigenvalue weighted by Gasteiger charge is -2.42. The predicted molar refractivity (Wildman–Crippen MR) is 83.5 cm³/mol. The third-order valence-corrected chi connectivity index (χ3v) is 4.10. The molecule has 0 spiro atoms. The van der Waals surface area contributed by atoms with Crippen LogP contribution in [0.2, 0.25) is 0 Å². The minimum absolute atomic E-state index is 0.0658. The van der Waals surface area contributed by atoms with Gasteiger partial charge in [-0.2, -0.15) is 0 Å². The maximum absolute atomic E-state index is 12.3. The summed E-state index contributed by atoms with van der Waals surface area (Å²) < 4.78 is 5.38. The van der Waals surface area contributed by atoms with Gasteiger partial charge in [0.15, 0.2) is 0 Å². The van der Waals surface area contributed by atoms with Crippen molar-refractivity contribution in [3.05, 3.63) is 0 Å². The van der Waals surface area contributed by atoms with E-state index in [9.17, 15) is 9.59 Å². The summed E-state index contributed by atoms with van der Waals surface area (Å²) >= 11 is 0. The van der Waals surface area contributed by atoms with Gasteiger partial charge in [-0.15, -0.1) is 0 Å². The number of nitrogens with zero attached hydrogens (tertiary/aromatic N) is 2. The number of hydrogen-bond donors (Lipinski definition) is 2. The van der Waals surface area contributed by atoms with Gasteiger partial charge in [0.1, 0.15) is 5.60 Å². The predicted octanol–water partition coefficient (Wildman–Crippen LogP) is 1.13. The average Bonchev–Trinajstić information content (AvgIpc) is 2.40. The summed E-state index contributed by atoms with van der Waals surface area (Å²) in [5.74, 6) is 0. The minimum atomic E-state index is -0.520. The van der Waals surface area contributed by atoms with Gasteiger partial charge in [-0.05, 0) is 40.0 Å². The highest BCUT2D eigenvalue weighted by Crippen LogP contribution is 2.19.